The van der Waals surface area contributed by atoms with Gasteiger partial charge in [-0.25, -0.2) is 9.18 Å². The van der Waals surface area contributed by atoms with Crippen LogP contribution in [0.3, 0.4) is 0 Å². The Labute approximate surface area is 163 Å². The van der Waals surface area contributed by atoms with Crippen molar-refractivity contribution in [1.82, 2.24) is 15.1 Å². The van der Waals surface area contributed by atoms with E-state index < -0.39 is 17.7 Å². The van der Waals surface area contributed by atoms with Gasteiger partial charge in [0.05, 0.1) is 23.0 Å². The van der Waals surface area contributed by atoms with Crippen LogP contribution in [-0.4, -0.2) is 58.6 Å². The highest BCUT2D eigenvalue weighted by Crippen LogP contribution is 2.35. The van der Waals surface area contributed by atoms with Gasteiger partial charge in [-0.15, -0.1) is 0 Å². The molecule has 2 N–H and O–H groups in total. The number of carbonyl (C=O) groups is 2. The third kappa shape index (κ3) is 4.19. The standard InChI is InChI=1S/C19H25ClFN3O3/c1-11(2)24-8-6-16(17(24)12-3-4-14(20)15(21)9-12)22-19(27)23-7-5-13(10-23)18(25)26/h3-4,9,11,13,16-17H,5-8,10H2,1-2H3,(H,22,27)(H,25,26). The Hall–Kier alpha value is -1.86. The normalized spacial score (nSPS) is 26.0. The zero-order chi connectivity index (χ0) is 19.7. The molecule has 2 heterocycles. The van der Waals surface area contributed by atoms with Gasteiger partial charge in [0.2, 0.25) is 0 Å². The molecule has 0 saturated carbocycles. The number of nitrogens with one attached hydrogen (secondary N) is 1. The lowest BCUT2D eigenvalue weighted by molar-refractivity contribution is -0.141. The van der Waals surface area contributed by atoms with Gasteiger partial charge in [-0.05, 0) is 44.4 Å². The van der Waals surface area contributed by atoms with E-state index in [1.54, 1.807) is 17.0 Å². The number of likely N-dealkylation sites (tertiary alicyclic amines) is 2. The topological polar surface area (TPSA) is 72.9 Å². The van der Waals surface area contributed by atoms with Gasteiger partial charge in [0, 0.05) is 25.7 Å². The Morgan fingerprint density at radius 2 is 2.04 bits per heavy atom. The number of carboxylic acid groups (broad SMARTS) is 1. The highest BCUT2D eigenvalue weighted by Gasteiger charge is 2.39. The first kappa shape index (κ1) is 19.9. The average molecular weight is 398 g/mol. The first-order chi connectivity index (χ1) is 12.8. The summed E-state index contributed by atoms with van der Waals surface area (Å²) in [6, 6.07) is 4.42. The molecule has 2 aliphatic heterocycles. The Morgan fingerprint density at radius 3 is 2.63 bits per heavy atom. The fraction of sp³-hybridized carbons (Fsp3) is 0.579. The van der Waals surface area contributed by atoms with E-state index in [0.717, 1.165) is 18.5 Å². The van der Waals surface area contributed by atoms with Crippen LogP contribution in [0, 0.1) is 11.7 Å². The molecule has 3 unspecified atom stereocenters. The number of urea groups is 1. The summed E-state index contributed by atoms with van der Waals surface area (Å²) in [4.78, 5) is 27.6. The van der Waals surface area contributed by atoms with E-state index in [1.807, 2.05) is 0 Å². The maximum absolute atomic E-state index is 14.0. The van der Waals surface area contributed by atoms with Crippen molar-refractivity contribution in [3.8, 4) is 0 Å². The average Bonchev–Trinajstić information content (AvgIpc) is 3.24. The summed E-state index contributed by atoms with van der Waals surface area (Å²) in [5.74, 6) is -1.85. The van der Waals surface area contributed by atoms with Crippen LogP contribution in [0.5, 0.6) is 0 Å². The second kappa shape index (κ2) is 8.02. The monoisotopic (exact) mass is 397 g/mol. The Kier molecular flexibility index (Phi) is 5.91. The molecule has 0 aromatic heterocycles. The second-order valence-electron chi connectivity index (χ2n) is 7.56. The minimum Gasteiger partial charge on any atom is -0.481 e. The van der Waals surface area contributed by atoms with E-state index in [4.69, 9.17) is 16.7 Å². The van der Waals surface area contributed by atoms with Crippen LogP contribution in [0.25, 0.3) is 0 Å². The van der Waals surface area contributed by atoms with Crippen molar-refractivity contribution >= 4 is 23.6 Å². The van der Waals surface area contributed by atoms with Gasteiger partial charge >= 0.3 is 12.0 Å². The van der Waals surface area contributed by atoms with E-state index in [0.29, 0.717) is 13.0 Å². The SMILES string of the molecule is CC(C)N1CCC(NC(=O)N2CCC(C(=O)O)C2)C1c1ccc(Cl)c(F)c1. The van der Waals surface area contributed by atoms with Gasteiger partial charge in [-0.2, -0.15) is 0 Å². The Morgan fingerprint density at radius 1 is 1.30 bits per heavy atom. The molecule has 1 aromatic carbocycles. The number of benzene rings is 1. The third-order valence-corrected chi connectivity index (χ3v) is 5.83. The molecule has 1 aromatic rings. The summed E-state index contributed by atoms with van der Waals surface area (Å²) in [6.07, 6.45) is 1.21. The molecule has 3 atom stereocenters. The van der Waals surface area contributed by atoms with Crippen molar-refractivity contribution in [2.75, 3.05) is 19.6 Å². The molecule has 2 fully saturated rings. The summed E-state index contributed by atoms with van der Waals surface area (Å²) in [5, 5.41) is 12.2. The fourth-order valence-electron chi connectivity index (χ4n) is 4.06. The van der Waals surface area contributed by atoms with Crippen LogP contribution in [0.2, 0.25) is 5.02 Å². The van der Waals surface area contributed by atoms with Crippen molar-refractivity contribution in [2.45, 2.75) is 44.8 Å². The molecule has 0 bridgehead atoms. The summed E-state index contributed by atoms with van der Waals surface area (Å²) in [6.45, 7) is 5.59. The molecule has 2 aliphatic rings. The quantitative estimate of drug-likeness (QED) is 0.818. The highest BCUT2D eigenvalue weighted by molar-refractivity contribution is 6.30. The molecule has 0 spiro atoms. The number of hydrogen-bond donors (Lipinski definition) is 2. The molecule has 2 saturated heterocycles. The smallest absolute Gasteiger partial charge is 0.317 e. The molecule has 27 heavy (non-hydrogen) atoms. The summed E-state index contributed by atoms with van der Waals surface area (Å²) in [5.41, 5.74) is 0.776. The molecular weight excluding hydrogens is 373 g/mol. The molecule has 8 heteroatoms. The van der Waals surface area contributed by atoms with Gasteiger partial charge in [-0.3, -0.25) is 9.69 Å². The second-order valence-corrected chi connectivity index (χ2v) is 7.97. The molecule has 3 rings (SSSR count). The van der Waals surface area contributed by atoms with E-state index >= 15 is 0 Å². The number of hydrogen-bond acceptors (Lipinski definition) is 3. The van der Waals surface area contributed by atoms with Crippen LogP contribution < -0.4 is 5.32 Å². The van der Waals surface area contributed by atoms with Crippen molar-refractivity contribution in [1.29, 1.82) is 0 Å². The van der Waals surface area contributed by atoms with E-state index in [-0.39, 0.29) is 35.7 Å². The number of aliphatic carboxylic acids is 1. The van der Waals surface area contributed by atoms with E-state index in [2.05, 4.69) is 24.1 Å². The van der Waals surface area contributed by atoms with Gasteiger partial charge < -0.3 is 15.3 Å². The Bertz CT molecular complexity index is 730. The highest BCUT2D eigenvalue weighted by atomic mass is 35.5. The first-order valence-corrected chi connectivity index (χ1v) is 9.64. The van der Waals surface area contributed by atoms with Gasteiger partial charge in [0.15, 0.2) is 0 Å². The third-order valence-electron chi connectivity index (χ3n) is 5.52. The lowest BCUT2D eigenvalue weighted by Gasteiger charge is -2.32. The zero-order valence-corrected chi connectivity index (χ0v) is 16.2. The van der Waals surface area contributed by atoms with Crippen LogP contribution >= 0.6 is 11.6 Å². The van der Waals surface area contributed by atoms with Crippen molar-refractivity contribution in [3.63, 3.8) is 0 Å². The summed E-state index contributed by atoms with van der Waals surface area (Å²) in [7, 11) is 0. The maximum atomic E-state index is 14.0. The molecule has 148 valence electrons. The number of halogens is 2. The number of rotatable bonds is 4. The molecule has 2 amide bonds. The lowest BCUT2D eigenvalue weighted by Crippen LogP contribution is -2.47. The van der Waals surface area contributed by atoms with Crippen LogP contribution in [0.1, 0.15) is 38.3 Å². The Balaban J connectivity index is 1.76. The van der Waals surface area contributed by atoms with Crippen LogP contribution in [0.15, 0.2) is 18.2 Å². The molecule has 0 aliphatic carbocycles. The number of amides is 2. The van der Waals surface area contributed by atoms with Crippen LogP contribution in [-0.2, 0) is 4.79 Å². The largest absolute Gasteiger partial charge is 0.481 e. The molecule has 6 nitrogen and oxygen atoms in total. The predicted octanol–water partition coefficient (Wildman–Crippen LogP) is 3.12. The van der Waals surface area contributed by atoms with E-state index in [9.17, 15) is 14.0 Å². The van der Waals surface area contributed by atoms with Gasteiger partial charge in [-0.1, -0.05) is 17.7 Å². The molecular formula is C19H25ClFN3O3. The van der Waals surface area contributed by atoms with Gasteiger partial charge in [0.25, 0.3) is 0 Å². The van der Waals surface area contributed by atoms with Crippen molar-refractivity contribution in [3.05, 3.63) is 34.6 Å². The fourth-order valence-corrected chi connectivity index (χ4v) is 4.18. The lowest BCUT2D eigenvalue weighted by atomic mass is 9.99. The molecule has 0 radical (unpaired) electrons. The first-order valence-electron chi connectivity index (χ1n) is 9.27. The number of carboxylic acids is 1. The van der Waals surface area contributed by atoms with Crippen molar-refractivity contribution in [2.24, 2.45) is 5.92 Å². The zero-order valence-electron chi connectivity index (χ0n) is 15.5. The van der Waals surface area contributed by atoms with E-state index in [1.165, 1.54) is 6.07 Å². The number of nitrogens with zero attached hydrogens (tertiary/aromatic N) is 2. The summed E-state index contributed by atoms with van der Waals surface area (Å²) < 4.78 is 14.0. The van der Waals surface area contributed by atoms with Gasteiger partial charge in [0.1, 0.15) is 5.82 Å². The predicted molar refractivity (Wildman–Crippen MR) is 100 cm³/mol. The van der Waals surface area contributed by atoms with Crippen molar-refractivity contribution < 1.29 is 19.1 Å². The maximum Gasteiger partial charge on any atom is 0.317 e. The van der Waals surface area contributed by atoms with Crippen LogP contribution in [0.4, 0.5) is 9.18 Å². The number of carbonyl (C=O) groups excluding carboxylic acids is 1. The minimum atomic E-state index is -0.869. The summed E-state index contributed by atoms with van der Waals surface area (Å²) >= 11 is 5.82. The minimum absolute atomic E-state index is 0.0743.